The van der Waals surface area contributed by atoms with Gasteiger partial charge in [-0.25, -0.2) is 0 Å². The van der Waals surface area contributed by atoms with E-state index >= 15 is 0 Å². The maximum Gasteiger partial charge on any atom is 0.170 e. The molecule has 0 spiro atoms. The van der Waals surface area contributed by atoms with E-state index in [-0.39, 0.29) is 0 Å². The number of hydrogen-bond acceptors (Lipinski definition) is 4. The van der Waals surface area contributed by atoms with E-state index < -0.39 is 0 Å². The molecule has 0 radical (unpaired) electrons. The summed E-state index contributed by atoms with van der Waals surface area (Å²) in [6.07, 6.45) is 1.33. The molecule has 104 valence electrons. The van der Waals surface area contributed by atoms with Crippen molar-refractivity contribution in [1.82, 2.24) is 0 Å². The Bertz CT molecular complexity index is 591. The number of nitrogens with zero attached hydrogens (tertiary/aromatic N) is 1. The summed E-state index contributed by atoms with van der Waals surface area (Å²) in [5.41, 5.74) is 2.94. The van der Waals surface area contributed by atoms with Gasteiger partial charge in [0.1, 0.15) is 6.61 Å². The van der Waals surface area contributed by atoms with Crippen LogP contribution in [-0.2, 0) is 6.61 Å². The van der Waals surface area contributed by atoms with E-state index in [1.165, 1.54) is 11.8 Å². The summed E-state index contributed by atoms with van der Waals surface area (Å²) in [6, 6.07) is 13.5. The number of oxime groups is 1. The molecule has 4 nitrogen and oxygen atoms in total. The minimum absolute atomic E-state index is 0.424. The van der Waals surface area contributed by atoms with Crippen LogP contribution in [0.15, 0.2) is 47.6 Å². The summed E-state index contributed by atoms with van der Waals surface area (Å²) in [7, 11) is 1.58. The van der Waals surface area contributed by atoms with E-state index in [4.69, 9.17) is 14.7 Å². The number of ether oxygens (including phenoxy) is 2. The fourth-order valence-electron chi connectivity index (χ4n) is 1.85. The Morgan fingerprint density at radius 2 is 1.90 bits per heavy atom. The van der Waals surface area contributed by atoms with Gasteiger partial charge in [-0.2, -0.15) is 0 Å². The fourth-order valence-corrected chi connectivity index (χ4v) is 1.85. The first-order valence-electron chi connectivity index (χ1n) is 6.27. The van der Waals surface area contributed by atoms with Gasteiger partial charge in [-0.05, 0) is 24.6 Å². The lowest BCUT2D eigenvalue weighted by Crippen LogP contribution is -2.01. The van der Waals surface area contributed by atoms with Crippen LogP contribution < -0.4 is 9.47 Å². The summed E-state index contributed by atoms with van der Waals surface area (Å²) >= 11 is 0. The van der Waals surface area contributed by atoms with E-state index in [9.17, 15) is 0 Å². The number of aryl methyl sites for hydroxylation is 1. The van der Waals surface area contributed by atoms with Crippen LogP contribution in [0.4, 0.5) is 0 Å². The lowest BCUT2D eigenvalue weighted by molar-refractivity contribution is 0.283. The number of hydrogen-bond donors (Lipinski definition) is 1. The van der Waals surface area contributed by atoms with Crippen molar-refractivity contribution >= 4 is 6.21 Å². The fraction of sp³-hybridized carbons (Fsp3) is 0.188. The first-order valence-corrected chi connectivity index (χ1v) is 6.27. The van der Waals surface area contributed by atoms with Crippen LogP contribution in [-0.4, -0.2) is 18.5 Å². The van der Waals surface area contributed by atoms with Crippen LogP contribution in [0.1, 0.15) is 16.7 Å². The van der Waals surface area contributed by atoms with Crippen molar-refractivity contribution in [2.45, 2.75) is 13.5 Å². The van der Waals surface area contributed by atoms with Crippen LogP contribution in [0.2, 0.25) is 0 Å². The number of para-hydroxylation sites is 1. The molecular formula is C16H17NO3. The third-order valence-electron chi connectivity index (χ3n) is 2.93. The lowest BCUT2D eigenvalue weighted by atomic mass is 10.1. The number of methoxy groups -OCH3 is 1. The van der Waals surface area contributed by atoms with Crippen LogP contribution in [0, 0.1) is 6.92 Å². The van der Waals surface area contributed by atoms with E-state index in [1.807, 2.05) is 37.3 Å². The van der Waals surface area contributed by atoms with Gasteiger partial charge in [-0.3, -0.25) is 0 Å². The van der Waals surface area contributed by atoms with Gasteiger partial charge in [-0.1, -0.05) is 41.1 Å². The normalized spacial score (nSPS) is 10.7. The Balaban J connectivity index is 2.21. The van der Waals surface area contributed by atoms with Gasteiger partial charge in [0.25, 0.3) is 0 Å². The van der Waals surface area contributed by atoms with Crippen LogP contribution >= 0.6 is 0 Å². The van der Waals surface area contributed by atoms with Gasteiger partial charge in [-0.15, -0.1) is 0 Å². The van der Waals surface area contributed by atoms with E-state index in [0.717, 1.165) is 5.56 Å². The summed E-state index contributed by atoms with van der Waals surface area (Å²) in [6.45, 7) is 2.47. The standard InChI is InChI=1S/C16H17NO3/c1-12-6-8-13(9-7-12)11-20-16-14(10-17-18)4-3-5-15(16)19-2/h3-10,18H,11H2,1-2H3/b17-10+. The molecule has 0 saturated carbocycles. The molecule has 0 atom stereocenters. The van der Waals surface area contributed by atoms with Gasteiger partial charge >= 0.3 is 0 Å². The molecular weight excluding hydrogens is 254 g/mol. The molecule has 20 heavy (non-hydrogen) atoms. The maximum absolute atomic E-state index is 8.70. The summed E-state index contributed by atoms with van der Waals surface area (Å²) in [4.78, 5) is 0. The van der Waals surface area contributed by atoms with Crippen molar-refractivity contribution in [1.29, 1.82) is 0 Å². The topological polar surface area (TPSA) is 51.0 Å². The van der Waals surface area contributed by atoms with Gasteiger partial charge in [0.15, 0.2) is 11.5 Å². The van der Waals surface area contributed by atoms with Gasteiger partial charge < -0.3 is 14.7 Å². The highest BCUT2D eigenvalue weighted by atomic mass is 16.5. The average molecular weight is 271 g/mol. The zero-order chi connectivity index (χ0) is 14.4. The molecule has 0 fully saturated rings. The molecule has 1 N–H and O–H groups in total. The monoisotopic (exact) mass is 271 g/mol. The van der Waals surface area contributed by atoms with Crippen molar-refractivity contribution < 1.29 is 14.7 Å². The highest BCUT2D eigenvalue weighted by Crippen LogP contribution is 2.30. The molecule has 0 unspecified atom stereocenters. The molecule has 0 aliphatic rings. The predicted octanol–water partition coefficient (Wildman–Crippen LogP) is 3.39. The second-order valence-electron chi connectivity index (χ2n) is 4.40. The van der Waals surface area contributed by atoms with Crippen molar-refractivity contribution in [3.8, 4) is 11.5 Å². The molecule has 0 heterocycles. The molecule has 0 aromatic heterocycles. The molecule has 2 aromatic rings. The molecule has 2 rings (SSSR count). The summed E-state index contributed by atoms with van der Waals surface area (Å²) < 4.78 is 11.1. The quantitative estimate of drug-likeness (QED) is 0.515. The van der Waals surface area contributed by atoms with E-state index in [1.54, 1.807) is 19.2 Å². The van der Waals surface area contributed by atoms with Crippen LogP contribution in [0.5, 0.6) is 11.5 Å². The lowest BCUT2D eigenvalue weighted by Gasteiger charge is -2.13. The maximum atomic E-state index is 8.70. The third kappa shape index (κ3) is 3.29. The Morgan fingerprint density at radius 3 is 2.55 bits per heavy atom. The largest absolute Gasteiger partial charge is 0.493 e. The molecule has 0 aliphatic carbocycles. The van der Waals surface area contributed by atoms with Crippen molar-refractivity contribution in [3.63, 3.8) is 0 Å². The SMILES string of the molecule is COc1cccc(/C=N/O)c1OCc1ccc(C)cc1. The van der Waals surface area contributed by atoms with Crippen LogP contribution in [0.25, 0.3) is 0 Å². The molecule has 4 heteroatoms. The molecule has 0 aliphatic heterocycles. The van der Waals surface area contributed by atoms with Gasteiger partial charge in [0.2, 0.25) is 0 Å². The van der Waals surface area contributed by atoms with Gasteiger partial charge in [0.05, 0.1) is 13.3 Å². The second-order valence-corrected chi connectivity index (χ2v) is 4.40. The zero-order valence-corrected chi connectivity index (χ0v) is 11.5. The smallest absolute Gasteiger partial charge is 0.170 e. The highest BCUT2D eigenvalue weighted by molar-refractivity contribution is 5.84. The highest BCUT2D eigenvalue weighted by Gasteiger charge is 2.09. The van der Waals surface area contributed by atoms with Crippen molar-refractivity contribution in [2.75, 3.05) is 7.11 Å². The first-order chi connectivity index (χ1) is 9.74. The predicted molar refractivity (Wildman–Crippen MR) is 77.9 cm³/mol. The van der Waals surface area contributed by atoms with E-state index in [0.29, 0.717) is 23.7 Å². The summed E-state index contributed by atoms with van der Waals surface area (Å²) in [5, 5.41) is 11.7. The van der Waals surface area contributed by atoms with Crippen LogP contribution in [0.3, 0.4) is 0 Å². The first kappa shape index (κ1) is 13.9. The Kier molecular flexibility index (Phi) is 4.60. The third-order valence-corrected chi connectivity index (χ3v) is 2.93. The zero-order valence-electron chi connectivity index (χ0n) is 11.5. The minimum Gasteiger partial charge on any atom is -0.493 e. The summed E-state index contributed by atoms with van der Waals surface area (Å²) in [5.74, 6) is 1.17. The van der Waals surface area contributed by atoms with Gasteiger partial charge in [0, 0.05) is 5.56 Å². The Morgan fingerprint density at radius 1 is 1.15 bits per heavy atom. The van der Waals surface area contributed by atoms with Crippen molar-refractivity contribution in [3.05, 3.63) is 59.2 Å². The number of rotatable bonds is 5. The van der Waals surface area contributed by atoms with E-state index in [2.05, 4.69) is 5.16 Å². The average Bonchev–Trinajstić information content (AvgIpc) is 2.47. The van der Waals surface area contributed by atoms with Crippen molar-refractivity contribution in [2.24, 2.45) is 5.16 Å². The molecule has 2 aromatic carbocycles. The molecule has 0 saturated heterocycles. The second kappa shape index (κ2) is 6.61. The Labute approximate surface area is 118 Å². The minimum atomic E-state index is 0.424. The Hall–Kier alpha value is -2.49. The molecule has 0 bridgehead atoms. The number of benzene rings is 2. The molecule has 0 amide bonds.